The molecule has 1 saturated heterocycles. The van der Waals surface area contributed by atoms with Crippen molar-refractivity contribution in [3.63, 3.8) is 0 Å². The van der Waals surface area contributed by atoms with Crippen molar-refractivity contribution in [2.75, 3.05) is 6.54 Å². The maximum atomic E-state index is 14.3. The molecule has 1 heterocycles. The van der Waals surface area contributed by atoms with E-state index >= 15 is 0 Å². The first-order chi connectivity index (χ1) is 22.3. The molecule has 0 spiro atoms. The molecule has 48 heavy (non-hydrogen) atoms. The largest absolute Gasteiger partial charge is 0.459 e. The summed E-state index contributed by atoms with van der Waals surface area (Å²) in [6.07, 6.45) is 2.96. The fourth-order valence-electron chi connectivity index (χ4n) is 6.23. The smallest absolute Gasteiger partial charge is 0.329 e. The number of likely N-dealkylation sites (tertiary alicyclic amines) is 1. The Bertz CT molecular complexity index is 1330. The number of ketones is 1. The quantitative estimate of drug-likeness (QED) is 0.173. The second-order valence-corrected chi connectivity index (χ2v) is 16.0. The lowest BCUT2D eigenvalue weighted by Crippen LogP contribution is -2.61. The molecule has 2 aliphatic rings. The Labute approximate surface area is 284 Å². The number of hydrogen-bond acceptors (Lipinski definition) is 7. The normalized spacial score (nSPS) is 20.0. The minimum atomic E-state index is -1.11. The van der Waals surface area contributed by atoms with Crippen molar-refractivity contribution in [2.45, 2.75) is 118 Å². The maximum Gasteiger partial charge on any atom is 0.329 e. The van der Waals surface area contributed by atoms with Gasteiger partial charge in [0.2, 0.25) is 17.6 Å². The number of nitrogens with two attached hydrogens (primary N) is 1. The number of primary amides is 1. The zero-order valence-corrected chi connectivity index (χ0v) is 29.8. The first-order valence-electron chi connectivity index (χ1n) is 17.0. The molecule has 12 heteroatoms. The van der Waals surface area contributed by atoms with Gasteiger partial charge in [0.1, 0.15) is 24.7 Å². The average Bonchev–Trinajstić information content (AvgIpc) is 3.69. The van der Waals surface area contributed by atoms with Crippen LogP contribution in [-0.4, -0.2) is 71.1 Å². The Kier molecular flexibility index (Phi) is 12.8. The molecule has 5 atom stereocenters. The van der Waals surface area contributed by atoms with E-state index in [1.807, 2.05) is 65.0 Å². The number of amides is 5. The van der Waals surface area contributed by atoms with Gasteiger partial charge in [-0.05, 0) is 53.4 Å². The van der Waals surface area contributed by atoms with Crippen molar-refractivity contribution in [1.82, 2.24) is 20.9 Å². The van der Waals surface area contributed by atoms with Crippen molar-refractivity contribution in [3.05, 3.63) is 35.9 Å². The monoisotopic (exact) mass is 669 g/mol. The average molecular weight is 670 g/mol. The number of nitrogens with zero attached hydrogens (tertiary/aromatic N) is 1. The Hall–Kier alpha value is -3.96. The van der Waals surface area contributed by atoms with Gasteiger partial charge in [0.15, 0.2) is 0 Å². The van der Waals surface area contributed by atoms with E-state index in [4.69, 9.17) is 10.5 Å². The standard InChI is InChI=1S/C36H55N5O7/c1-21(2)24-16-17-41(27(24)31(44)38-25(18-22-14-15-22)28(42)30(37)43)32(45)29(36(6,7)8)40-34(47)39-26(19-35(3,4)5)33(46)48-20-23-12-10-9-11-13-23/h9-13,21-22,24-27,29H,14-20H2,1-8H3,(H2,37,43)(H,38,44)(H2,39,40,47)/t24-,25?,26+,27+,29-/m1/s1. The second-order valence-electron chi connectivity index (χ2n) is 16.0. The van der Waals surface area contributed by atoms with Crippen molar-refractivity contribution >= 4 is 35.5 Å². The minimum absolute atomic E-state index is 0.0247. The Balaban J connectivity index is 1.80. The summed E-state index contributed by atoms with van der Waals surface area (Å²) in [5, 5.41) is 8.28. The van der Waals surface area contributed by atoms with E-state index in [0.29, 0.717) is 19.3 Å². The van der Waals surface area contributed by atoms with Crippen LogP contribution in [0.4, 0.5) is 4.79 Å². The van der Waals surface area contributed by atoms with Gasteiger partial charge in [-0.3, -0.25) is 19.2 Å². The van der Waals surface area contributed by atoms with Crippen LogP contribution in [0.3, 0.4) is 0 Å². The number of carbonyl (C=O) groups is 6. The van der Waals surface area contributed by atoms with Crippen LogP contribution < -0.4 is 21.7 Å². The van der Waals surface area contributed by atoms with Crippen molar-refractivity contribution in [2.24, 2.45) is 34.3 Å². The lowest BCUT2D eigenvalue weighted by molar-refractivity contribution is -0.148. The molecule has 266 valence electrons. The van der Waals surface area contributed by atoms with Crippen LogP contribution in [0.25, 0.3) is 0 Å². The molecule has 1 aromatic carbocycles. The van der Waals surface area contributed by atoms with Gasteiger partial charge in [-0.2, -0.15) is 0 Å². The number of hydrogen-bond donors (Lipinski definition) is 4. The first kappa shape index (κ1) is 38.5. The van der Waals surface area contributed by atoms with Gasteiger partial charge in [-0.15, -0.1) is 0 Å². The van der Waals surface area contributed by atoms with Gasteiger partial charge in [-0.1, -0.05) is 98.6 Å². The molecule has 5 amide bonds. The Morgan fingerprint density at radius 2 is 1.52 bits per heavy atom. The number of Topliss-reactive ketones (excluding diaryl/α,β-unsaturated/α-hetero) is 1. The highest BCUT2D eigenvalue weighted by Gasteiger charge is 2.48. The number of esters is 1. The maximum absolute atomic E-state index is 14.3. The number of urea groups is 1. The third-order valence-corrected chi connectivity index (χ3v) is 9.01. The predicted octanol–water partition coefficient (Wildman–Crippen LogP) is 3.46. The molecular weight excluding hydrogens is 614 g/mol. The molecule has 1 aliphatic carbocycles. The molecule has 0 radical (unpaired) electrons. The summed E-state index contributed by atoms with van der Waals surface area (Å²) in [7, 11) is 0. The van der Waals surface area contributed by atoms with Crippen molar-refractivity contribution in [1.29, 1.82) is 0 Å². The lowest BCUT2D eigenvalue weighted by atomic mass is 9.84. The summed E-state index contributed by atoms with van der Waals surface area (Å²) < 4.78 is 5.55. The molecule has 1 aliphatic heterocycles. The van der Waals surface area contributed by atoms with Crippen LogP contribution in [-0.2, 0) is 35.3 Å². The molecule has 0 bridgehead atoms. The van der Waals surface area contributed by atoms with Crippen molar-refractivity contribution in [3.8, 4) is 0 Å². The molecule has 1 saturated carbocycles. The molecule has 1 unspecified atom stereocenters. The van der Waals surface area contributed by atoms with Gasteiger partial charge in [0.25, 0.3) is 5.91 Å². The summed E-state index contributed by atoms with van der Waals surface area (Å²) in [4.78, 5) is 80.7. The van der Waals surface area contributed by atoms with E-state index in [-0.39, 0.29) is 36.3 Å². The van der Waals surface area contributed by atoms with E-state index in [1.165, 1.54) is 4.90 Å². The number of rotatable bonds is 14. The zero-order valence-electron chi connectivity index (χ0n) is 29.8. The minimum Gasteiger partial charge on any atom is -0.459 e. The van der Waals surface area contributed by atoms with Crippen LogP contribution >= 0.6 is 0 Å². The summed E-state index contributed by atoms with van der Waals surface area (Å²) in [5.41, 5.74) is 4.99. The van der Waals surface area contributed by atoms with E-state index in [9.17, 15) is 28.8 Å². The lowest BCUT2D eigenvalue weighted by Gasteiger charge is -2.37. The second kappa shape index (κ2) is 16.0. The summed E-state index contributed by atoms with van der Waals surface area (Å²) in [5.74, 6) is -3.51. The molecule has 12 nitrogen and oxygen atoms in total. The van der Waals surface area contributed by atoms with Crippen LogP contribution in [0, 0.1) is 28.6 Å². The molecule has 5 N–H and O–H groups in total. The van der Waals surface area contributed by atoms with Gasteiger partial charge in [0.05, 0.1) is 6.04 Å². The van der Waals surface area contributed by atoms with Crippen LogP contribution in [0.15, 0.2) is 30.3 Å². The van der Waals surface area contributed by atoms with Gasteiger partial charge < -0.3 is 31.3 Å². The molecule has 2 fully saturated rings. The number of benzene rings is 1. The highest BCUT2D eigenvalue weighted by molar-refractivity contribution is 6.37. The van der Waals surface area contributed by atoms with E-state index < -0.39 is 65.1 Å². The molecule has 0 aromatic heterocycles. The number of nitrogens with one attached hydrogen (secondary N) is 3. The van der Waals surface area contributed by atoms with E-state index in [2.05, 4.69) is 16.0 Å². The zero-order chi connectivity index (χ0) is 36.0. The summed E-state index contributed by atoms with van der Waals surface area (Å²) in [6.45, 7) is 15.5. The third-order valence-electron chi connectivity index (χ3n) is 9.01. The van der Waals surface area contributed by atoms with Crippen LogP contribution in [0.1, 0.15) is 93.1 Å². The predicted molar refractivity (Wildman–Crippen MR) is 181 cm³/mol. The molecular formula is C36H55N5O7. The summed E-state index contributed by atoms with van der Waals surface area (Å²) in [6, 6.07) is 4.48. The highest BCUT2D eigenvalue weighted by atomic mass is 16.5. The van der Waals surface area contributed by atoms with E-state index in [0.717, 1.165) is 18.4 Å². The van der Waals surface area contributed by atoms with Crippen molar-refractivity contribution < 1.29 is 33.5 Å². The SMILES string of the molecule is CC(C)[C@H]1CCN(C(=O)[C@@H](NC(=O)N[C@@H](CC(C)(C)C)C(=O)OCc2ccccc2)C(C)(C)C)[C@@H]1C(=O)NC(CC1CC1)C(=O)C(N)=O. The van der Waals surface area contributed by atoms with Crippen LogP contribution in [0.2, 0.25) is 0 Å². The molecule has 1 aromatic rings. The molecule has 3 rings (SSSR count). The highest BCUT2D eigenvalue weighted by Crippen LogP contribution is 2.35. The van der Waals surface area contributed by atoms with E-state index in [1.54, 1.807) is 20.8 Å². The number of carbonyl (C=O) groups excluding carboxylic acids is 6. The van der Waals surface area contributed by atoms with Gasteiger partial charge >= 0.3 is 12.0 Å². The van der Waals surface area contributed by atoms with Gasteiger partial charge in [-0.25, -0.2) is 9.59 Å². The number of ether oxygens (including phenoxy) is 1. The first-order valence-corrected chi connectivity index (χ1v) is 17.0. The third kappa shape index (κ3) is 11.1. The fourth-order valence-corrected chi connectivity index (χ4v) is 6.23. The summed E-state index contributed by atoms with van der Waals surface area (Å²) >= 11 is 0. The van der Waals surface area contributed by atoms with Crippen LogP contribution in [0.5, 0.6) is 0 Å². The Morgan fingerprint density at radius 3 is 2.04 bits per heavy atom. The topological polar surface area (TPSA) is 177 Å². The fraction of sp³-hybridized carbons (Fsp3) is 0.667. The Morgan fingerprint density at radius 1 is 0.896 bits per heavy atom. The van der Waals surface area contributed by atoms with Gasteiger partial charge in [0, 0.05) is 6.54 Å².